The molecule has 0 bridgehead atoms. The molecule has 1 aromatic carbocycles. The van der Waals surface area contributed by atoms with Crippen LogP contribution in [0.2, 0.25) is 0 Å². The molecule has 4 heteroatoms. The van der Waals surface area contributed by atoms with E-state index in [0.29, 0.717) is 13.1 Å². The molecule has 0 saturated heterocycles. The molecule has 1 unspecified atom stereocenters. The highest BCUT2D eigenvalue weighted by atomic mass is 16.5. The maximum Gasteiger partial charge on any atom is 0.123 e. The lowest BCUT2D eigenvalue weighted by atomic mass is 10.1. The van der Waals surface area contributed by atoms with Crippen LogP contribution < -0.4 is 14.8 Å². The Hall–Kier alpha value is -1.26. The summed E-state index contributed by atoms with van der Waals surface area (Å²) in [5.41, 5.74) is 1.55. The van der Waals surface area contributed by atoms with Crippen LogP contribution in [-0.2, 0) is 13.0 Å². The van der Waals surface area contributed by atoms with E-state index < -0.39 is 5.60 Å². The second kappa shape index (κ2) is 5.39. The number of ether oxygens (including phenoxy) is 2. The summed E-state index contributed by atoms with van der Waals surface area (Å²) < 4.78 is 11.2. The van der Waals surface area contributed by atoms with Gasteiger partial charge in [-0.2, -0.15) is 0 Å². The molecule has 0 radical (unpaired) electrons. The van der Waals surface area contributed by atoms with E-state index in [0.717, 1.165) is 23.5 Å². The topological polar surface area (TPSA) is 50.7 Å². The molecule has 4 nitrogen and oxygen atoms in total. The van der Waals surface area contributed by atoms with Crippen molar-refractivity contribution in [2.24, 2.45) is 0 Å². The second-order valence-corrected chi connectivity index (χ2v) is 5.82. The maximum atomic E-state index is 9.69. The summed E-state index contributed by atoms with van der Waals surface area (Å²) in [6, 6.07) is 4.09. The lowest BCUT2D eigenvalue weighted by Crippen LogP contribution is -2.34. The van der Waals surface area contributed by atoms with Gasteiger partial charge in [0.05, 0.1) is 12.7 Å². The molecular formula is C15H23NO3. The van der Waals surface area contributed by atoms with Crippen LogP contribution >= 0.6 is 0 Å². The van der Waals surface area contributed by atoms with Gasteiger partial charge in [0.2, 0.25) is 0 Å². The summed E-state index contributed by atoms with van der Waals surface area (Å²) in [6.45, 7) is 6.82. The number of fused-ring (bicyclic) bond motifs is 1. The highest BCUT2D eigenvalue weighted by Gasteiger charge is 2.21. The monoisotopic (exact) mass is 265 g/mol. The predicted molar refractivity (Wildman–Crippen MR) is 74.8 cm³/mol. The van der Waals surface area contributed by atoms with Gasteiger partial charge in [0.25, 0.3) is 0 Å². The van der Waals surface area contributed by atoms with Crippen LogP contribution in [0.4, 0.5) is 0 Å². The van der Waals surface area contributed by atoms with Crippen molar-refractivity contribution in [1.82, 2.24) is 5.32 Å². The van der Waals surface area contributed by atoms with Crippen molar-refractivity contribution >= 4 is 0 Å². The van der Waals surface area contributed by atoms with Gasteiger partial charge in [-0.25, -0.2) is 0 Å². The van der Waals surface area contributed by atoms with Gasteiger partial charge in [0.1, 0.15) is 17.6 Å². The Kier molecular flexibility index (Phi) is 4.02. The lowest BCUT2D eigenvalue weighted by Gasteiger charge is -2.18. The quantitative estimate of drug-likeness (QED) is 0.853. The van der Waals surface area contributed by atoms with E-state index in [-0.39, 0.29) is 6.10 Å². The fourth-order valence-electron chi connectivity index (χ4n) is 2.31. The molecule has 1 atom stereocenters. The number of nitrogens with one attached hydrogen (secondary N) is 1. The zero-order chi connectivity index (χ0) is 14.0. The number of methoxy groups -OCH3 is 1. The highest BCUT2D eigenvalue weighted by Crippen LogP contribution is 2.34. The van der Waals surface area contributed by atoms with Crippen molar-refractivity contribution < 1.29 is 14.6 Å². The lowest BCUT2D eigenvalue weighted by molar-refractivity contribution is 0.0794. The van der Waals surface area contributed by atoms with E-state index >= 15 is 0 Å². The molecule has 1 aliphatic heterocycles. The second-order valence-electron chi connectivity index (χ2n) is 5.82. The Morgan fingerprint density at radius 2 is 2.21 bits per heavy atom. The molecule has 0 spiro atoms. The smallest absolute Gasteiger partial charge is 0.123 e. The first kappa shape index (κ1) is 14.2. The van der Waals surface area contributed by atoms with Crippen molar-refractivity contribution in [3.05, 3.63) is 23.3 Å². The van der Waals surface area contributed by atoms with Gasteiger partial charge in [-0.3, -0.25) is 0 Å². The third-order valence-corrected chi connectivity index (χ3v) is 3.17. The van der Waals surface area contributed by atoms with Gasteiger partial charge in [-0.1, -0.05) is 0 Å². The third-order valence-electron chi connectivity index (χ3n) is 3.17. The summed E-state index contributed by atoms with van der Waals surface area (Å²) in [4.78, 5) is 0. The first-order valence-electron chi connectivity index (χ1n) is 6.68. The Morgan fingerprint density at radius 1 is 1.47 bits per heavy atom. The fraction of sp³-hybridized carbons (Fsp3) is 0.600. The van der Waals surface area contributed by atoms with E-state index in [4.69, 9.17) is 9.47 Å². The van der Waals surface area contributed by atoms with Crippen LogP contribution in [0.5, 0.6) is 11.5 Å². The molecule has 0 saturated carbocycles. The molecule has 2 rings (SSSR count). The number of hydrogen-bond acceptors (Lipinski definition) is 4. The average molecular weight is 265 g/mol. The summed E-state index contributed by atoms with van der Waals surface area (Å²) in [5, 5.41) is 12.9. The standard InChI is InChI=1S/C15H23NO3/c1-10-5-11-6-13(18-4)12(7-14(11)19-10)8-16-9-15(2,3)17/h6-7,10,16-17H,5,8-9H2,1-4H3. The zero-order valence-electron chi connectivity index (χ0n) is 12.1. The Labute approximate surface area is 114 Å². The van der Waals surface area contributed by atoms with Crippen molar-refractivity contribution in [3.63, 3.8) is 0 Å². The molecule has 106 valence electrons. The molecule has 0 amide bonds. The molecule has 19 heavy (non-hydrogen) atoms. The summed E-state index contributed by atoms with van der Waals surface area (Å²) in [7, 11) is 1.68. The van der Waals surface area contributed by atoms with Crippen LogP contribution in [0.1, 0.15) is 31.9 Å². The summed E-state index contributed by atoms with van der Waals surface area (Å²) in [5.74, 6) is 1.83. The van der Waals surface area contributed by atoms with Crippen LogP contribution in [0, 0.1) is 0 Å². The molecule has 1 aliphatic rings. The normalized spacial score (nSPS) is 18.1. The molecule has 0 aromatic heterocycles. The summed E-state index contributed by atoms with van der Waals surface area (Å²) in [6.07, 6.45) is 1.17. The first-order valence-corrected chi connectivity index (χ1v) is 6.68. The van der Waals surface area contributed by atoms with E-state index in [1.807, 2.05) is 6.07 Å². The molecule has 0 fully saturated rings. The van der Waals surface area contributed by atoms with E-state index in [9.17, 15) is 5.11 Å². The minimum absolute atomic E-state index is 0.235. The van der Waals surface area contributed by atoms with Crippen molar-refractivity contribution in [2.45, 2.75) is 45.4 Å². The third kappa shape index (κ3) is 3.61. The molecule has 1 heterocycles. The van der Waals surface area contributed by atoms with Gasteiger partial charge < -0.3 is 19.9 Å². The van der Waals surface area contributed by atoms with E-state index in [1.54, 1.807) is 21.0 Å². The number of benzene rings is 1. The van der Waals surface area contributed by atoms with Gasteiger partial charge >= 0.3 is 0 Å². The molecule has 1 aromatic rings. The van der Waals surface area contributed by atoms with Crippen LogP contribution in [0.3, 0.4) is 0 Å². The zero-order valence-corrected chi connectivity index (χ0v) is 12.1. The average Bonchev–Trinajstić information content (AvgIpc) is 2.65. The van der Waals surface area contributed by atoms with Crippen LogP contribution in [0.25, 0.3) is 0 Å². The Balaban J connectivity index is 2.10. The van der Waals surface area contributed by atoms with Crippen LogP contribution in [-0.4, -0.2) is 30.5 Å². The van der Waals surface area contributed by atoms with Crippen molar-refractivity contribution in [3.8, 4) is 11.5 Å². The van der Waals surface area contributed by atoms with Crippen molar-refractivity contribution in [1.29, 1.82) is 0 Å². The largest absolute Gasteiger partial charge is 0.496 e. The maximum absolute atomic E-state index is 9.69. The van der Waals surface area contributed by atoms with Crippen molar-refractivity contribution in [2.75, 3.05) is 13.7 Å². The highest BCUT2D eigenvalue weighted by molar-refractivity contribution is 5.48. The predicted octanol–water partition coefficient (Wildman–Crippen LogP) is 1.88. The fourth-order valence-corrected chi connectivity index (χ4v) is 2.31. The van der Waals surface area contributed by atoms with E-state index in [2.05, 4.69) is 18.3 Å². The molecule has 2 N–H and O–H groups in total. The van der Waals surface area contributed by atoms with Crippen LogP contribution in [0.15, 0.2) is 12.1 Å². The SMILES string of the molecule is COc1cc2c(cc1CNCC(C)(C)O)OC(C)C2. The first-order chi connectivity index (χ1) is 8.89. The number of hydrogen-bond donors (Lipinski definition) is 2. The molecular weight excluding hydrogens is 242 g/mol. The van der Waals surface area contributed by atoms with Gasteiger partial charge in [-0.05, 0) is 32.9 Å². The number of aliphatic hydroxyl groups is 1. The minimum Gasteiger partial charge on any atom is -0.496 e. The minimum atomic E-state index is -0.713. The molecule has 0 aliphatic carbocycles. The Morgan fingerprint density at radius 3 is 2.84 bits per heavy atom. The number of rotatable bonds is 5. The summed E-state index contributed by atoms with van der Waals surface area (Å²) >= 11 is 0. The van der Waals surface area contributed by atoms with E-state index in [1.165, 1.54) is 5.56 Å². The van der Waals surface area contributed by atoms with Gasteiger partial charge in [0.15, 0.2) is 0 Å². The van der Waals surface area contributed by atoms with Gasteiger partial charge in [-0.15, -0.1) is 0 Å². The van der Waals surface area contributed by atoms with Gasteiger partial charge in [0, 0.05) is 30.6 Å². The Bertz CT molecular complexity index is 451.